The SMILES string of the molecule is CCN(CC)CCNS(=O)(=O)c1ccc(OC)c(NC(C)=O)c1. The summed E-state index contributed by atoms with van der Waals surface area (Å²) in [5.74, 6) is 0.106. The van der Waals surface area contributed by atoms with Gasteiger partial charge in [-0.05, 0) is 31.3 Å². The number of hydrogen-bond acceptors (Lipinski definition) is 5. The maximum absolute atomic E-state index is 12.3. The second-order valence-corrected chi connectivity index (χ2v) is 6.73. The fraction of sp³-hybridized carbons (Fsp3) is 0.533. The topological polar surface area (TPSA) is 87.7 Å². The number of likely N-dealkylation sites (N-methyl/N-ethyl adjacent to an activating group) is 1. The number of amides is 1. The molecule has 2 N–H and O–H groups in total. The van der Waals surface area contributed by atoms with Crippen LogP contribution in [0, 0.1) is 0 Å². The van der Waals surface area contributed by atoms with Crippen LogP contribution in [0.25, 0.3) is 0 Å². The average molecular weight is 343 g/mol. The van der Waals surface area contributed by atoms with Gasteiger partial charge in [-0.3, -0.25) is 4.79 Å². The van der Waals surface area contributed by atoms with Gasteiger partial charge in [0.25, 0.3) is 0 Å². The minimum atomic E-state index is -3.64. The first-order valence-electron chi connectivity index (χ1n) is 7.51. The fourth-order valence-electron chi connectivity index (χ4n) is 2.10. The average Bonchev–Trinajstić information content (AvgIpc) is 2.51. The van der Waals surface area contributed by atoms with Gasteiger partial charge >= 0.3 is 0 Å². The molecule has 0 aliphatic carbocycles. The lowest BCUT2D eigenvalue weighted by atomic mass is 10.3. The number of nitrogens with zero attached hydrogens (tertiary/aromatic N) is 1. The van der Waals surface area contributed by atoms with Gasteiger partial charge in [-0.2, -0.15) is 0 Å². The second-order valence-electron chi connectivity index (χ2n) is 4.97. The molecule has 0 unspecified atom stereocenters. The third kappa shape index (κ3) is 5.81. The quantitative estimate of drug-likeness (QED) is 0.705. The van der Waals surface area contributed by atoms with Crippen LogP contribution in [0.2, 0.25) is 0 Å². The molecule has 0 heterocycles. The molecule has 0 saturated carbocycles. The van der Waals surface area contributed by atoms with Crippen molar-refractivity contribution in [2.75, 3.05) is 38.6 Å². The number of methoxy groups -OCH3 is 1. The Labute approximate surface area is 138 Å². The van der Waals surface area contributed by atoms with Crippen molar-refractivity contribution in [1.82, 2.24) is 9.62 Å². The Morgan fingerprint density at radius 3 is 2.43 bits per heavy atom. The van der Waals surface area contributed by atoms with E-state index in [-0.39, 0.29) is 10.8 Å². The first-order chi connectivity index (χ1) is 10.8. The molecule has 0 bridgehead atoms. The van der Waals surface area contributed by atoms with Crippen LogP contribution < -0.4 is 14.8 Å². The highest BCUT2D eigenvalue weighted by atomic mass is 32.2. The summed E-state index contributed by atoms with van der Waals surface area (Å²) in [5.41, 5.74) is 0.326. The highest BCUT2D eigenvalue weighted by Crippen LogP contribution is 2.27. The van der Waals surface area contributed by atoms with E-state index in [0.717, 1.165) is 13.1 Å². The number of hydrogen-bond donors (Lipinski definition) is 2. The molecule has 0 spiro atoms. The van der Waals surface area contributed by atoms with Crippen LogP contribution >= 0.6 is 0 Å². The molecule has 130 valence electrons. The molecule has 0 saturated heterocycles. The zero-order valence-corrected chi connectivity index (χ0v) is 14.9. The summed E-state index contributed by atoms with van der Waals surface area (Å²) >= 11 is 0. The summed E-state index contributed by atoms with van der Waals surface area (Å²) in [7, 11) is -2.18. The van der Waals surface area contributed by atoms with Crippen LogP contribution in [0.4, 0.5) is 5.69 Å². The van der Waals surface area contributed by atoms with Gasteiger partial charge in [0.1, 0.15) is 5.75 Å². The molecule has 0 aliphatic heterocycles. The van der Waals surface area contributed by atoms with Crippen molar-refractivity contribution in [2.24, 2.45) is 0 Å². The maximum Gasteiger partial charge on any atom is 0.240 e. The Hall–Kier alpha value is -1.64. The molecule has 0 aromatic heterocycles. The third-order valence-corrected chi connectivity index (χ3v) is 4.87. The lowest BCUT2D eigenvalue weighted by Crippen LogP contribution is -2.34. The summed E-state index contributed by atoms with van der Waals surface area (Å²) in [5, 5.41) is 2.57. The monoisotopic (exact) mass is 343 g/mol. The van der Waals surface area contributed by atoms with Crippen LogP contribution in [-0.2, 0) is 14.8 Å². The van der Waals surface area contributed by atoms with Crippen molar-refractivity contribution in [3.05, 3.63) is 18.2 Å². The van der Waals surface area contributed by atoms with Crippen LogP contribution in [0.15, 0.2) is 23.1 Å². The van der Waals surface area contributed by atoms with Gasteiger partial charge < -0.3 is 15.0 Å². The van der Waals surface area contributed by atoms with Crippen molar-refractivity contribution < 1.29 is 17.9 Å². The van der Waals surface area contributed by atoms with Crippen molar-refractivity contribution in [2.45, 2.75) is 25.7 Å². The van der Waals surface area contributed by atoms with Crippen molar-refractivity contribution in [3.8, 4) is 5.75 Å². The summed E-state index contributed by atoms with van der Waals surface area (Å²) in [6, 6.07) is 4.36. The molecule has 1 aromatic rings. The molecule has 7 nitrogen and oxygen atoms in total. The number of carbonyl (C=O) groups is 1. The molecule has 23 heavy (non-hydrogen) atoms. The lowest BCUT2D eigenvalue weighted by molar-refractivity contribution is -0.114. The predicted octanol–water partition coefficient (Wildman–Crippen LogP) is 1.27. The Bertz CT molecular complexity index is 628. The van der Waals surface area contributed by atoms with Gasteiger partial charge in [-0.1, -0.05) is 13.8 Å². The minimum absolute atomic E-state index is 0.0848. The smallest absolute Gasteiger partial charge is 0.240 e. The Morgan fingerprint density at radius 2 is 1.91 bits per heavy atom. The number of ether oxygens (including phenoxy) is 1. The molecule has 1 aromatic carbocycles. The Balaban J connectivity index is 2.89. The van der Waals surface area contributed by atoms with E-state index in [9.17, 15) is 13.2 Å². The number of anilines is 1. The largest absolute Gasteiger partial charge is 0.495 e. The standard InChI is InChI=1S/C15H25N3O4S/c1-5-18(6-2)10-9-16-23(20,21)13-7-8-15(22-4)14(11-13)17-12(3)19/h7-8,11,16H,5-6,9-10H2,1-4H3,(H,17,19). The molecule has 1 rings (SSSR count). The van der Waals surface area contributed by atoms with E-state index in [0.29, 0.717) is 24.5 Å². The van der Waals surface area contributed by atoms with Crippen molar-refractivity contribution >= 4 is 21.6 Å². The van der Waals surface area contributed by atoms with E-state index in [4.69, 9.17) is 4.74 Å². The summed E-state index contributed by atoms with van der Waals surface area (Å²) < 4.78 is 32.4. The number of carbonyl (C=O) groups excluding carboxylic acids is 1. The highest BCUT2D eigenvalue weighted by molar-refractivity contribution is 7.89. The van der Waals surface area contributed by atoms with E-state index in [1.54, 1.807) is 0 Å². The minimum Gasteiger partial charge on any atom is -0.495 e. The molecule has 0 atom stereocenters. The van der Waals surface area contributed by atoms with Crippen molar-refractivity contribution in [1.29, 1.82) is 0 Å². The van der Waals surface area contributed by atoms with Gasteiger partial charge in [0.15, 0.2) is 0 Å². The van der Waals surface area contributed by atoms with E-state index < -0.39 is 10.0 Å². The number of nitrogens with one attached hydrogen (secondary N) is 2. The first-order valence-corrected chi connectivity index (χ1v) is 9.00. The molecular weight excluding hydrogens is 318 g/mol. The molecule has 8 heteroatoms. The Kier molecular flexibility index (Phi) is 7.47. The van der Waals surface area contributed by atoms with Gasteiger partial charge in [0.2, 0.25) is 15.9 Å². The summed E-state index contributed by atoms with van der Waals surface area (Å²) in [6.45, 7) is 8.11. The van der Waals surface area contributed by atoms with Crippen LogP contribution in [0.1, 0.15) is 20.8 Å². The van der Waals surface area contributed by atoms with Gasteiger partial charge in [-0.15, -0.1) is 0 Å². The van der Waals surface area contributed by atoms with Gasteiger partial charge in [0.05, 0.1) is 17.7 Å². The predicted molar refractivity (Wildman–Crippen MR) is 90.3 cm³/mol. The highest BCUT2D eigenvalue weighted by Gasteiger charge is 2.17. The fourth-order valence-corrected chi connectivity index (χ4v) is 3.15. The van der Waals surface area contributed by atoms with Crippen LogP contribution in [-0.4, -0.2) is 52.5 Å². The Morgan fingerprint density at radius 1 is 1.26 bits per heavy atom. The number of sulfonamides is 1. The zero-order chi connectivity index (χ0) is 17.5. The summed E-state index contributed by atoms with van der Waals surface area (Å²) in [6.07, 6.45) is 0. The lowest BCUT2D eigenvalue weighted by Gasteiger charge is -2.18. The number of rotatable bonds is 9. The zero-order valence-electron chi connectivity index (χ0n) is 14.0. The molecule has 0 radical (unpaired) electrons. The van der Waals surface area contributed by atoms with E-state index in [2.05, 4.69) is 14.9 Å². The molecule has 0 aliphatic rings. The van der Waals surface area contributed by atoms with Crippen LogP contribution in [0.5, 0.6) is 5.75 Å². The second kappa shape index (κ2) is 8.85. The van der Waals surface area contributed by atoms with E-state index in [1.807, 2.05) is 13.8 Å². The van der Waals surface area contributed by atoms with Crippen molar-refractivity contribution in [3.63, 3.8) is 0 Å². The summed E-state index contributed by atoms with van der Waals surface area (Å²) in [4.78, 5) is 13.4. The first kappa shape index (κ1) is 19.4. The third-order valence-electron chi connectivity index (χ3n) is 3.41. The van der Waals surface area contributed by atoms with Gasteiger partial charge in [0, 0.05) is 20.0 Å². The van der Waals surface area contributed by atoms with Crippen LogP contribution in [0.3, 0.4) is 0 Å². The number of benzene rings is 1. The van der Waals surface area contributed by atoms with E-state index in [1.165, 1.54) is 32.2 Å². The van der Waals surface area contributed by atoms with E-state index >= 15 is 0 Å². The molecule has 0 fully saturated rings. The maximum atomic E-state index is 12.3. The molecular formula is C15H25N3O4S. The molecule has 1 amide bonds. The normalized spacial score (nSPS) is 11.5. The van der Waals surface area contributed by atoms with Gasteiger partial charge in [-0.25, -0.2) is 13.1 Å².